The van der Waals surface area contributed by atoms with Crippen LogP contribution in [0.25, 0.3) is 0 Å². The van der Waals surface area contributed by atoms with Gasteiger partial charge in [-0.1, -0.05) is 31.0 Å². The topological polar surface area (TPSA) is 51.8 Å². The van der Waals surface area contributed by atoms with E-state index in [9.17, 15) is 0 Å². The lowest BCUT2D eigenvalue weighted by molar-refractivity contribution is 0.516. The second kappa shape index (κ2) is 4.64. The van der Waals surface area contributed by atoms with Crippen LogP contribution in [0.2, 0.25) is 0 Å². The summed E-state index contributed by atoms with van der Waals surface area (Å²) in [7, 11) is 0. The third-order valence-electron chi connectivity index (χ3n) is 2.52. The van der Waals surface area contributed by atoms with E-state index in [0.717, 1.165) is 5.03 Å². The lowest BCUT2D eigenvalue weighted by atomic mass is 10.0. The van der Waals surface area contributed by atoms with E-state index in [1.807, 2.05) is 0 Å². The van der Waals surface area contributed by atoms with E-state index < -0.39 is 0 Å². The maximum atomic E-state index is 5.74. The van der Waals surface area contributed by atoms with Gasteiger partial charge in [-0.05, 0) is 12.8 Å². The molecule has 76 valence electrons. The van der Waals surface area contributed by atoms with Crippen LogP contribution in [0.5, 0.6) is 0 Å². The van der Waals surface area contributed by atoms with E-state index in [1.165, 1.54) is 32.1 Å². The molecule has 1 aliphatic carbocycles. The molecule has 0 aliphatic heterocycles. The molecule has 0 unspecified atom stereocenters. The van der Waals surface area contributed by atoms with E-state index in [1.54, 1.807) is 24.2 Å². The second-order valence-electron chi connectivity index (χ2n) is 3.62. The van der Waals surface area contributed by atoms with Gasteiger partial charge in [0, 0.05) is 17.6 Å². The van der Waals surface area contributed by atoms with Gasteiger partial charge in [-0.15, -0.1) is 0 Å². The van der Waals surface area contributed by atoms with Gasteiger partial charge in [-0.2, -0.15) is 0 Å². The molecule has 0 saturated heterocycles. The van der Waals surface area contributed by atoms with Crippen LogP contribution in [-0.2, 0) is 0 Å². The standard InChI is InChI=1S/C10H15N3S/c11-9-10(13-7-6-12-9)14-8-4-2-1-3-5-8/h6-8H,1-5H2,(H2,11,12). The summed E-state index contributed by atoms with van der Waals surface area (Å²) in [6.07, 6.45) is 10.0. The van der Waals surface area contributed by atoms with E-state index in [4.69, 9.17) is 5.73 Å². The predicted molar refractivity (Wildman–Crippen MR) is 59.2 cm³/mol. The molecule has 1 aliphatic rings. The molecule has 4 heteroatoms. The molecule has 0 aromatic carbocycles. The van der Waals surface area contributed by atoms with Crippen molar-refractivity contribution in [2.45, 2.75) is 42.4 Å². The van der Waals surface area contributed by atoms with E-state index in [2.05, 4.69) is 9.97 Å². The number of nitrogens with two attached hydrogens (primary N) is 1. The zero-order valence-corrected chi connectivity index (χ0v) is 8.96. The number of aromatic nitrogens is 2. The van der Waals surface area contributed by atoms with Gasteiger partial charge in [0.2, 0.25) is 0 Å². The number of hydrogen-bond donors (Lipinski definition) is 1. The smallest absolute Gasteiger partial charge is 0.156 e. The molecule has 1 aromatic rings. The van der Waals surface area contributed by atoms with Gasteiger partial charge >= 0.3 is 0 Å². The molecule has 0 amide bonds. The van der Waals surface area contributed by atoms with Crippen molar-refractivity contribution in [3.05, 3.63) is 12.4 Å². The molecule has 0 radical (unpaired) electrons. The summed E-state index contributed by atoms with van der Waals surface area (Å²) in [5, 5.41) is 1.60. The zero-order valence-electron chi connectivity index (χ0n) is 8.15. The Hall–Kier alpha value is -0.770. The Kier molecular flexibility index (Phi) is 3.24. The average Bonchev–Trinajstić information content (AvgIpc) is 2.23. The highest BCUT2D eigenvalue weighted by Crippen LogP contribution is 2.33. The van der Waals surface area contributed by atoms with Gasteiger partial charge in [0.15, 0.2) is 5.82 Å². The SMILES string of the molecule is Nc1nccnc1SC1CCCCC1. The van der Waals surface area contributed by atoms with Crippen molar-refractivity contribution in [3.8, 4) is 0 Å². The van der Waals surface area contributed by atoms with Crippen LogP contribution in [0.3, 0.4) is 0 Å². The Bertz CT molecular complexity index is 297. The van der Waals surface area contributed by atoms with Crippen LogP contribution in [-0.4, -0.2) is 15.2 Å². The van der Waals surface area contributed by atoms with Crippen molar-refractivity contribution in [2.75, 3.05) is 5.73 Å². The Morgan fingerprint density at radius 3 is 2.57 bits per heavy atom. The van der Waals surface area contributed by atoms with Crippen molar-refractivity contribution >= 4 is 17.6 Å². The first-order valence-electron chi connectivity index (χ1n) is 5.09. The van der Waals surface area contributed by atoms with Gasteiger partial charge in [-0.25, -0.2) is 9.97 Å². The van der Waals surface area contributed by atoms with Gasteiger partial charge in [0.1, 0.15) is 5.03 Å². The lowest BCUT2D eigenvalue weighted by Crippen LogP contribution is -2.09. The summed E-state index contributed by atoms with van der Waals surface area (Å²) < 4.78 is 0. The Morgan fingerprint density at radius 1 is 1.14 bits per heavy atom. The highest BCUT2D eigenvalue weighted by atomic mass is 32.2. The summed E-state index contributed by atoms with van der Waals surface area (Å²) in [5.74, 6) is 0.572. The Morgan fingerprint density at radius 2 is 1.86 bits per heavy atom. The molecular formula is C10H15N3S. The molecule has 3 nitrogen and oxygen atoms in total. The second-order valence-corrected chi connectivity index (χ2v) is 4.91. The first kappa shape index (κ1) is 9.77. The number of nitrogens with zero attached hydrogens (tertiary/aromatic N) is 2. The summed E-state index contributed by atoms with van der Waals surface area (Å²) in [6.45, 7) is 0. The van der Waals surface area contributed by atoms with E-state index in [0.29, 0.717) is 11.1 Å². The molecule has 1 saturated carbocycles. The lowest BCUT2D eigenvalue weighted by Gasteiger charge is -2.20. The first-order valence-corrected chi connectivity index (χ1v) is 5.97. The fourth-order valence-corrected chi connectivity index (χ4v) is 2.95. The highest BCUT2D eigenvalue weighted by Gasteiger charge is 2.16. The summed E-state index contributed by atoms with van der Waals surface area (Å²) in [5.41, 5.74) is 5.74. The number of rotatable bonds is 2. The van der Waals surface area contributed by atoms with Gasteiger partial charge in [-0.3, -0.25) is 0 Å². The van der Waals surface area contributed by atoms with Crippen molar-refractivity contribution in [1.82, 2.24) is 9.97 Å². The van der Waals surface area contributed by atoms with Crippen LogP contribution >= 0.6 is 11.8 Å². The molecule has 1 heterocycles. The van der Waals surface area contributed by atoms with Crippen LogP contribution in [0.15, 0.2) is 17.4 Å². The maximum Gasteiger partial charge on any atom is 0.156 e. The van der Waals surface area contributed by atoms with Gasteiger partial charge < -0.3 is 5.73 Å². The minimum atomic E-state index is 0.572. The van der Waals surface area contributed by atoms with Crippen molar-refractivity contribution in [3.63, 3.8) is 0 Å². The minimum absolute atomic E-state index is 0.572. The van der Waals surface area contributed by atoms with Gasteiger partial charge in [0.25, 0.3) is 0 Å². The summed E-state index contributed by atoms with van der Waals surface area (Å²) >= 11 is 1.79. The molecule has 0 bridgehead atoms. The van der Waals surface area contributed by atoms with Crippen LogP contribution < -0.4 is 5.73 Å². The number of nitrogen functional groups attached to an aromatic ring is 1. The van der Waals surface area contributed by atoms with Crippen LogP contribution in [0, 0.1) is 0 Å². The summed E-state index contributed by atoms with van der Waals surface area (Å²) in [6, 6.07) is 0. The number of thioether (sulfide) groups is 1. The monoisotopic (exact) mass is 209 g/mol. The number of anilines is 1. The number of hydrogen-bond acceptors (Lipinski definition) is 4. The Balaban J connectivity index is 1.99. The van der Waals surface area contributed by atoms with E-state index >= 15 is 0 Å². The molecule has 2 N–H and O–H groups in total. The van der Waals surface area contributed by atoms with Crippen molar-refractivity contribution in [1.29, 1.82) is 0 Å². The predicted octanol–water partition coefficient (Wildman–Crippen LogP) is 2.48. The van der Waals surface area contributed by atoms with Crippen molar-refractivity contribution in [2.24, 2.45) is 0 Å². The minimum Gasteiger partial charge on any atom is -0.381 e. The largest absolute Gasteiger partial charge is 0.381 e. The quantitative estimate of drug-likeness (QED) is 0.813. The maximum absolute atomic E-state index is 5.74. The molecule has 0 atom stereocenters. The van der Waals surface area contributed by atoms with Gasteiger partial charge in [0.05, 0.1) is 0 Å². The normalized spacial score (nSPS) is 18.3. The Labute approximate surface area is 88.5 Å². The van der Waals surface area contributed by atoms with Crippen molar-refractivity contribution < 1.29 is 0 Å². The molecule has 14 heavy (non-hydrogen) atoms. The fraction of sp³-hybridized carbons (Fsp3) is 0.600. The molecule has 1 aromatic heterocycles. The molecule has 0 spiro atoms. The highest BCUT2D eigenvalue weighted by molar-refractivity contribution is 8.00. The molecular weight excluding hydrogens is 194 g/mol. The van der Waals surface area contributed by atoms with E-state index in [-0.39, 0.29) is 0 Å². The molecule has 2 rings (SSSR count). The third-order valence-corrected chi connectivity index (χ3v) is 3.86. The average molecular weight is 209 g/mol. The fourth-order valence-electron chi connectivity index (χ4n) is 1.77. The van der Waals surface area contributed by atoms with Crippen LogP contribution in [0.4, 0.5) is 5.82 Å². The summed E-state index contributed by atoms with van der Waals surface area (Å²) in [4.78, 5) is 8.29. The molecule has 1 fully saturated rings. The zero-order chi connectivity index (χ0) is 9.80. The third kappa shape index (κ3) is 2.38. The van der Waals surface area contributed by atoms with Crippen LogP contribution in [0.1, 0.15) is 32.1 Å². The first-order chi connectivity index (χ1) is 6.86.